The largest absolute Gasteiger partial charge is 0.478 e. The summed E-state index contributed by atoms with van der Waals surface area (Å²) in [6.07, 6.45) is -4.07. The Labute approximate surface area is 110 Å². The van der Waals surface area contributed by atoms with E-state index in [1.807, 2.05) is 6.07 Å². The molecule has 0 atom stereocenters. The van der Waals surface area contributed by atoms with Gasteiger partial charge in [0.25, 0.3) is 0 Å². The highest BCUT2D eigenvalue weighted by molar-refractivity contribution is 5.89. The van der Waals surface area contributed by atoms with Gasteiger partial charge in [-0.2, -0.15) is 23.5 Å². The molecule has 0 aliphatic carbocycles. The van der Waals surface area contributed by atoms with E-state index in [2.05, 4.69) is 5.10 Å². The topological polar surface area (TPSA) is 78.9 Å². The summed E-state index contributed by atoms with van der Waals surface area (Å²) in [7, 11) is 0. The first-order chi connectivity index (χ1) is 9.32. The summed E-state index contributed by atoms with van der Waals surface area (Å²) >= 11 is 0. The van der Waals surface area contributed by atoms with Crippen molar-refractivity contribution < 1.29 is 23.1 Å². The van der Waals surface area contributed by atoms with Crippen molar-refractivity contribution in [2.45, 2.75) is 6.18 Å². The van der Waals surface area contributed by atoms with Crippen LogP contribution in [0.1, 0.15) is 21.6 Å². The van der Waals surface area contributed by atoms with E-state index >= 15 is 0 Å². The first-order valence-electron chi connectivity index (χ1n) is 5.23. The second-order valence-electron chi connectivity index (χ2n) is 3.80. The Morgan fingerprint density at radius 3 is 2.30 bits per heavy atom. The van der Waals surface area contributed by atoms with Crippen LogP contribution in [0.5, 0.6) is 0 Å². The van der Waals surface area contributed by atoms with Gasteiger partial charge in [-0.15, -0.1) is 0 Å². The summed E-state index contributed by atoms with van der Waals surface area (Å²) in [5, 5.41) is 20.7. The Morgan fingerprint density at radius 1 is 1.30 bits per heavy atom. The minimum atomic E-state index is -4.86. The molecule has 8 heteroatoms. The number of carboxylic acid groups (broad SMARTS) is 1. The van der Waals surface area contributed by atoms with Crippen molar-refractivity contribution in [3.05, 3.63) is 47.3 Å². The molecule has 0 spiro atoms. The Balaban J connectivity index is 2.53. The number of hydrogen-bond acceptors (Lipinski definition) is 3. The third kappa shape index (κ3) is 2.47. The van der Waals surface area contributed by atoms with Crippen LogP contribution >= 0.6 is 0 Å². The smallest absolute Gasteiger partial charge is 0.436 e. The quantitative estimate of drug-likeness (QED) is 0.917. The van der Waals surface area contributed by atoms with Crippen LogP contribution in [0.15, 0.2) is 30.5 Å². The number of carbonyl (C=O) groups is 1. The Kier molecular flexibility index (Phi) is 3.19. The van der Waals surface area contributed by atoms with E-state index in [0.717, 1.165) is 10.9 Å². The van der Waals surface area contributed by atoms with Gasteiger partial charge >= 0.3 is 12.1 Å². The highest BCUT2D eigenvalue weighted by atomic mass is 19.4. The average molecular weight is 281 g/mol. The predicted octanol–water partition coefficient (Wildman–Crippen LogP) is 2.46. The van der Waals surface area contributed by atoms with Crippen LogP contribution in [0, 0.1) is 11.3 Å². The molecule has 2 aromatic rings. The zero-order valence-electron chi connectivity index (χ0n) is 9.72. The van der Waals surface area contributed by atoms with E-state index in [4.69, 9.17) is 10.4 Å². The van der Waals surface area contributed by atoms with Crippen molar-refractivity contribution in [2.24, 2.45) is 0 Å². The van der Waals surface area contributed by atoms with E-state index in [9.17, 15) is 18.0 Å². The van der Waals surface area contributed by atoms with E-state index < -0.39 is 23.4 Å². The number of halogens is 3. The SMILES string of the molecule is N#Cc1ccc(-n2cc(C(=O)O)c(C(F)(F)F)n2)cc1. The molecule has 0 aliphatic heterocycles. The molecule has 0 unspecified atom stereocenters. The molecule has 1 aromatic heterocycles. The number of alkyl halides is 3. The van der Waals surface area contributed by atoms with E-state index in [0.29, 0.717) is 5.56 Å². The van der Waals surface area contributed by atoms with Crippen molar-refractivity contribution in [1.29, 1.82) is 5.26 Å². The standard InChI is InChI=1S/C12H6F3N3O2/c13-12(14,15)10-9(11(19)20)6-18(17-10)8-3-1-7(5-16)2-4-8/h1-4,6H,(H,19,20). The maximum absolute atomic E-state index is 12.7. The van der Waals surface area contributed by atoms with Crippen molar-refractivity contribution in [3.8, 4) is 11.8 Å². The highest BCUT2D eigenvalue weighted by Gasteiger charge is 2.39. The van der Waals surface area contributed by atoms with Crippen LogP contribution in [0.3, 0.4) is 0 Å². The molecule has 0 fully saturated rings. The van der Waals surface area contributed by atoms with Gasteiger partial charge in [0.05, 0.1) is 17.3 Å². The minimum absolute atomic E-state index is 0.224. The number of aromatic carboxylic acids is 1. The van der Waals surface area contributed by atoms with Gasteiger partial charge in [0.2, 0.25) is 0 Å². The summed E-state index contributed by atoms with van der Waals surface area (Å²) in [6, 6.07) is 7.39. The van der Waals surface area contributed by atoms with Crippen LogP contribution in [-0.4, -0.2) is 20.9 Å². The number of aromatic nitrogens is 2. The molecule has 0 saturated heterocycles. The average Bonchev–Trinajstić information content (AvgIpc) is 2.84. The van der Waals surface area contributed by atoms with Crippen LogP contribution in [0.4, 0.5) is 13.2 Å². The fraction of sp³-hybridized carbons (Fsp3) is 0.0833. The highest BCUT2D eigenvalue weighted by Crippen LogP contribution is 2.31. The Morgan fingerprint density at radius 2 is 1.90 bits per heavy atom. The van der Waals surface area contributed by atoms with Crippen molar-refractivity contribution in [2.75, 3.05) is 0 Å². The lowest BCUT2D eigenvalue weighted by Crippen LogP contribution is -2.12. The number of hydrogen-bond donors (Lipinski definition) is 1. The number of nitriles is 1. The lowest BCUT2D eigenvalue weighted by molar-refractivity contribution is -0.141. The molecule has 0 bridgehead atoms. The monoisotopic (exact) mass is 281 g/mol. The van der Waals surface area contributed by atoms with Gasteiger partial charge in [-0.3, -0.25) is 0 Å². The number of carboxylic acids is 1. The lowest BCUT2D eigenvalue weighted by Gasteiger charge is -2.03. The first kappa shape index (κ1) is 13.6. The van der Waals surface area contributed by atoms with Crippen LogP contribution in [0.2, 0.25) is 0 Å². The molecule has 2 rings (SSSR count). The summed E-state index contributed by atoms with van der Waals surface area (Å²) in [5.41, 5.74) is -1.84. The zero-order valence-corrected chi connectivity index (χ0v) is 9.72. The van der Waals surface area contributed by atoms with Gasteiger partial charge in [0, 0.05) is 6.20 Å². The van der Waals surface area contributed by atoms with Crippen LogP contribution < -0.4 is 0 Å². The molecule has 1 N–H and O–H groups in total. The summed E-state index contributed by atoms with van der Waals surface area (Å²) < 4.78 is 38.8. The fourth-order valence-electron chi connectivity index (χ4n) is 1.56. The van der Waals surface area contributed by atoms with Crippen molar-refractivity contribution in [3.63, 3.8) is 0 Å². The molecule has 1 heterocycles. The summed E-state index contributed by atoms with van der Waals surface area (Å²) in [6.45, 7) is 0. The van der Waals surface area contributed by atoms with Gasteiger partial charge in [-0.1, -0.05) is 0 Å². The second-order valence-corrected chi connectivity index (χ2v) is 3.80. The third-order valence-electron chi connectivity index (χ3n) is 2.47. The van der Waals surface area contributed by atoms with Crippen molar-refractivity contribution in [1.82, 2.24) is 9.78 Å². The van der Waals surface area contributed by atoms with E-state index in [1.54, 1.807) is 0 Å². The molecule has 5 nitrogen and oxygen atoms in total. The van der Waals surface area contributed by atoms with Crippen LogP contribution in [0.25, 0.3) is 5.69 Å². The van der Waals surface area contributed by atoms with Gasteiger partial charge in [0.1, 0.15) is 5.56 Å². The molecular weight excluding hydrogens is 275 g/mol. The number of benzene rings is 1. The fourth-order valence-corrected chi connectivity index (χ4v) is 1.56. The van der Waals surface area contributed by atoms with E-state index in [1.165, 1.54) is 24.3 Å². The van der Waals surface area contributed by atoms with Gasteiger partial charge in [0.15, 0.2) is 5.69 Å². The third-order valence-corrected chi connectivity index (χ3v) is 2.47. The molecular formula is C12H6F3N3O2. The maximum atomic E-state index is 12.7. The molecule has 20 heavy (non-hydrogen) atoms. The lowest BCUT2D eigenvalue weighted by atomic mass is 10.2. The molecule has 0 saturated carbocycles. The Bertz CT molecular complexity index is 696. The normalized spacial score (nSPS) is 11.1. The minimum Gasteiger partial charge on any atom is -0.478 e. The summed E-state index contributed by atoms with van der Waals surface area (Å²) in [4.78, 5) is 10.8. The molecule has 0 radical (unpaired) electrons. The zero-order chi connectivity index (χ0) is 14.9. The first-order valence-corrected chi connectivity index (χ1v) is 5.23. The molecule has 0 amide bonds. The van der Waals surface area contributed by atoms with E-state index in [-0.39, 0.29) is 5.69 Å². The van der Waals surface area contributed by atoms with Gasteiger partial charge in [-0.25, -0.2) is 9.48 Å². The summed E-state index contributed by atoms with van der Waals surface area (Å²) in [5.74, 6) is -1.71. The van der Waals surface area contributed by atoms with Gasteiger partial charge < -0.3 is 5.11 Å². The predicted molar refractivity (Wildman–Crippen MR) is 60.2 cm³/mol. The Hall–Kier alpha value is -2.82. The van der Waals surface area contributed by atoms with Crippen LogP contribution in [-0.2, 0) is 6.18 Å². The molecule has 102 valence electrons. The molecule has 0 aliphatic rings. The second kappa shape index (κ2) is 4.70. The van der Waals surface area contributed by atoms with Gasteiger partial charge in [-0.05, 0) is 24.3 Å². The van der Waals surface area contributed by atoms with Crippen molar-refractivity contribution >= 4 is 5.97 Å². The number of nitrogens with zero attached hydrogens (tertiary/aromatic N) is 3. The molecule has 1 aromatic carbocycles. The number of rotatable bonds is 2. The maximum Gasteiger partial charge on any atom is 0.436 e.